The molecule has 1 aromatic rings. The molecule has 0 aromatic heterocycles. The first kappa shape index (κ1) is 16.8. The summed E-state index contributed by atoms with van der Waals surface area (Å²) in [6.45, 7) is 1.88. The monoisotopic (exact) mass is 363 g/mol. The fourth-order valence-corrected chi connectivity index (χ4v) is 2.17. The quantitative estimate of drug-likeness (QED) is 0.780. The molecular formula is C13H15BrClNO4. The molecule has 7 heteroatoms. The molecule has 0 aliphatic carbocycles. The molecule has 0 aliphatic heterocycles. The van der Waals surface area contributed by atoms with Gasteiger partial charge in [0.05, 0.1) is 5.02 Å². The maximum Gasteiger partial charge on any atom is 0.303 e. The Kier molecular flexibility index (Phi) is 6.81. The molecule has 0 aliphatic rings. The Balaban J connectivity index is 2.34. The Morgan fingerprint density at radius 2 is 2.20 bits per heavy atom. The van der Waals surface area contributed by atoms with Crippen molar-refractivity contribution >= 4 is 39.4 Å². The van der Waals surface area contributed by atoms with Gasteiger partial charge < -0.3 is 15.2 Å². The number of ether oxygens (including phenoxy) is 1. The summed E-state index contributed by atoms with van der Waals surface area (Å²) in [4.78, 5) is 22.0. The molecule has 0 saturated carbocycles. The van der Waals surface area contributed by atoms with Crippen molar-refractivity contribution in [2.24, 2.45) is 5.92 Å². The highest BCUT2D eigenvalue weighted by atomic mass is 79.9. The predicted molar refractivity (Wildman–Crippen MR) is 79.1 cm³/mol. The van der Waals surface area contributed by atoms with E-state index in [1.165, 1.54) is 0 Å². The number of halogens is 2. The standard InChI is InChI=1S/C13H15BrClNO4/c1-8(4-13(18)19)6-16-12(17)7-20-11-3-2-9(14)5-10(11)15/h2-3,5,8H,4,6-7H2,1H3,(H,16,17)(H,18,19). The molecule has 0 spiro atoms. The first-order valence-corrected chi connectivity index (χ1v) is 7.12. The number of benzene rings is 1. The number of hydrogen-bond acceptors (Lipinski definition) is 3. The zero-order valence-electron chi connectivity index (χ0n) is 10.9. The van der Waals surface area contributed by atoms with E-state index in [0.29, 0.717) is 17.3 Å². The highest BCUT2D eigenvalue weighted by Gasteiger charge is 2.10. The molecule has 0 bridgehead atoms. The van der Waals surface area contributed by atoms with Crippen molar-refractivity contribution in [1.29, 1.82) is 0 Å². The van der Waals surface area contributed by atoms with E-state index in [1.54, 1.807) is 25.1 Å². The molecule has 1 rings (SSSR count). The molecule has 1 aromatic carbocycles. The largest absolute Gasteiger partial charge is 0.482 e. The number of aliphatic carboxylic acids is 1. The van der Waals surface area contributed by atoms with Crippen molar-refractivity contribution in [2.75, 3.05) is 13.2 Å². The predicted octanol–water partition coefficient (Wildman–Crippen LogP) is 2.71. The maximum absolute atomic E-state index is 11.5. The number of carboxylic acids is 1. The summed E-state index contributed by atoms with van der Waals surface area (Å²) >= 11 is 9.22. The van der Waals surface area contributed by atoms with E-state index in [-0.39, 0.29) is 24.9 Å². The number of carbonyl (C=O) groups excluding carboxylic acids is 1. The molecule has 0 fully saturated rings. The second-order valence-electron chi connectivity index (χ2n) is 4.37. The van der Waals surface area contributed by atoms with Crippen LogP contribution in [-0.2, 0) is 9.59 Å². The minimum Gasteiger partial charge on any atom is -0.482 e. The van der Waals surface area contributed by atoms with Crippen LogP contribution in [0, 0.1) is 5.92 Å². The van der Waals surface area contributed by atoms with E-state index in [0.717, 1.165) is 4.47 Å². The molecule has 1 unspecified atom stereocenters. The molecule has 2 N–H and O–H groups in total. The number of carboxylic acid groups (broad SMARTS) is 1. The summed E-state index contributed by atoms with van der Waals surface area (Å²) in [5.41, 5.74) is 0. The zero-order chi connectivity index (χ0) is 15.1. The third-order valence-corrected chi connectivity index (χ3v) is 3.21. The van der Waals surface area contributed by atoms with Crippen LogP contribution in [0.15, 0.2) is 22.7 Å². The number of rotatable bonds is 7. The van der Waals surface area contributed by atoms with Gasteiger partial charge in [0.25, 0.3) is 5.91 Å². The SMILES string of the molecule is CC(CNC(=O)COc1ccc(Br)cc1Cl)CC(=O)O. The normalized spacial score (nSPS) is 11.8. The third kappa shape index (κ3) is 6.25. The van der Waals surface area contributed by atoms with Gasteiger partial charge in [-0.15, -0.1) is 0 Å². The van der Waals surface area contributed by atoms with Crippen molar-refractivity contribution in [3.8, 4) is 5.75 Å². The van der Waals surface area contributed by atoms with Gasteiger partial charge in [0.2, 0.25) is 0 Å². The maximum atomic E-state index is 11.5. The van der Waals surface area contributed by atoms with Gasteiger partial charge in [0.15, 0.2) is 6.61 Å². The topological polar surface area (TPSA) is 75.6 Å². The smallest absolute Gasteiger partial charge is 0.303 e. The second kappa shape index (κ2) is 8.11. The first-order chi connectivity index (χ1) is 9.38. The van der Waals surface area contributed by atoms with Crippen molar-refractivity contribution in [1.82, 2.24) is 5.32 Å². The second-order valence-corrected chi connectivity index (χ2v) is 5.69. The van der Waals surface area contributed by atoms with E-state index in [1.807, 2.05) is 0 Å². The summed E-state index contributed by atoms with van der Waals surface area (Å²) in [5, 5.41) is 11.6. The fraction of sp³-hybridized carbons (Fsp3) is 0.385. The lowest BCUT2D eigenvalue weighted by molar-refractivity contribution is -0.138. The Morgan fingerprint density at radius 3 is 2.80 bits per heavy atom. The Hall–Kier alpha value is -1.27. The Morgan fingerprint density at radius 1 is 1.50 bits per heavy atom. The Bertz CT molecular complexity index is 495. The molecule has 0 radical (unpaired) electrons. The lowest BCUT2D eigenvalue weighted by atomic mass is 10.1. The van der Waals surface area contributed by atoms with Crippen LogP contribution < -0.4 is 10.1 Å². The molecule has 1 amide bonds. The van der Waals surface area contributed by atoms with Gasteiger partial charge in [0.1, 0.15) is 5.75 Å². The third-order valence-electron chi connectivity index (χ3n) is 2.42. The van der Waals surface area contributed by atoms with Crippen LogP contribution >= 0.6 is 27.5 Å². The summed E-state index contributed by atoms with van der Waals surface area (Å²) in [6.07, 6.45) is 0.0136. The number of amides is 1. The van der Waals surface area contributed by atoms with Gasteiger partial charge in [-0.2, -0.15) is 0 Å². The Labute approximate surface area is 130 Å². The van der Waals surface area contributed by atoms with Gasteiger partial charge in [-0.1, -0.05) is 34.5 Å². The van der Waals surface area contributed by atoms with E-state index in [9.17, 15) is 9.59 Å². The van der Waals surface area contributed by atoms with E-state index >= 15 is 0 Å². The number of nitrogens with one attached hydrogen (secondary N) is 1. The molecule has 1 atom stereocenters. The summed E-state index contributed by atoms with van der Waals surface area (Å²) in [6, 6.07) is 5.09. The van der Waals surface area contributed by atoms with Crippen LogP contribution in [0.4, 0.5) is 0 Å². The minimum absolute atomic E-state index is 0.0136. The molecule has 0 heterocycles. The van der Waals surface area contributed by atoms with Crippen LogP contribution in [0.5, 0.6) is 5.75 Å². The van der Waals surface area contributed by atoms with E-state index in [4.69, 9.17) is 21.4 Å². The molecular weight excluding hydrogens is 350 g/mol. The first-order valence-electron chi connectivity index (χ1n) is 5.95. The van der Waals surface area contributed by atoms with Crippen molar-refractivity contribution in [2.45, 2.75) is 13.3 Å². The van der Waals surface area contributed by atoms with Gasteiger partial charge in [-0.05, 0) is 24.1 Å². The van der Waals surface area contributed by atoms with E-state index in [2.05, 4.69) is 21.2 Å². The average molecular weight is 365 g/mol. The van der Waals surface area contributed by atoms with Gasteiger partial charge in [-0.3, -0.25) is 9.59 Å². The number of carbonyl (C=O) groups is 2. The van der Waals surface area contributed by atoms with Crippen LogP contribution in [0.1, 0.15) is 13.3 Å². The molecule has 20 heavy (non-hydrogen) atoms. The molecule has 110 valence electrons. The van der Waals surface area contributed by atoms with Crippen LogP contribution in [0.25, 0.3) is 0 Å². The average Bonchev–Trinajstić information content (AvgIpc) is 2.34. The van der Waals surface area contributed by atoms with Gasteiger partial charge in [0, 0.05) is 17.4 Å². The lowest BCUT2D eigenvalue weighted by Gasteiger charge is -2.11. The van der Waals surface area contributed by atoms with Crippen LogP contribution in [0.3, 0.4) is 0 Å². The summed E-state index contributed by atoms with van der Waals surface area (Å²) < 4.78 is 6.11. The highest BCUT2D eigenvalue weighted by Crippen LogP contribution is 2.27. The molecule has 5 nitrogen and oxygen atoms in total. The van der Waals surface area contributed by atoms with Crippen LogP contribution in [0.2, 0.25) is 5.02 Å². The van der Waals surface area contributed by atoms with Crippen molar-refractivity contribution in [3.63, 3.8) is 0 Å². The summed E-state index contributed by atoms with van der Waals surface area (Å²) in [7, 11) is 0. The van der Waals surface area contributed by atoms with Gasteiger partial charge >= 0.3 is 5.97 Å². The lowest BCUT2D eigenvalue weighted by Crippen LogP contribution is -2.33. The fourth-order valence-electron chi connectivity index (χ4n) is 1.44. The zero-order valence-corrected chi connectivity index (χ0v) is 13.2. The van der Waals surface area contributed by atoms with E-state index < -0.39 is 5.97 Å². The van der Waals surface area contributed by atoms with Gasteiger partial charge in [-0.25, -0.2) is 0 Å². The van der Waals surface area contributed by atoms with Crippen molar-refractivity contribution in [3.05, 3.63) is 27.7 Å². The summed E-state index contributed by atoms with van der Waals surface area (Å²) in [5.74, 6) is -0.915. The molecule has 0 saturated heterocycles. The van der Waals surface area contributed by atoms with Crippen molar-refractivity contribution < 1.29 is 19.4 Å². The highest BCUT2D eigenvalue weighted by molar-refractivity contribution is 9.10. The van der Waals surface area contributed by atoms with Crippen LogP contribution in [-0.4, -0.2) is 30.1 Å². The minimum atomic E-state index is -0.885. The number of hydrogen-bond donors (Lipinski definition) is 2.